The first kappa shape index (κ1) is 13.6. The number of benzene rings is 2. The zero-order chi connectivity index (χ0) is 14.2. The molecule has 0 radical (unpaired) electrons. The molecule has 2 aromatic carbocycles. The van der Waals surface area contributed by atoms with E-state index < -0.39 is 34.5 Å². The third kappa shape index (κ3) is 2.63. The third-order valence-electron chi connectivity index (χ3n) is 2.49. The van der Waals surface area contributed by atoms with E-state index >= 15 is 0 Å². The Balaban J connectivity index is 2.53. The number of nitrogen functional groups attached to an aromatic ring is 1. The number of ketones is 1. The molecule has 0 spiro atoms. The summed E-state index contributed by atoms with van der Waals surface area (Å²) in [4.78, 5) is 12.0. The number of halogens is 4. The summed E-state index contributed by atoms with van der Waals surface area (Å²) in [7, 11) is 0. The fourth-order valence-electron chi connectivity index (χ4n) is 1.57. The quantitative estimate of drug-likeness (QED) is 0.674. The second-order valence-corrected chi connectivity index (χ2v) is 4.67. The average molecular weight is 330 g/mol. The Labute approximate surface area is 115 Å². The maximum absolute atomic E-state index is 13.7. The number of carbonyl (C=O) groups is 1. The van der Waals surface area contributed by atoms with Gasteiger partial charge in [0.05, 0.1) is 15.7 Å². The van der Waals surface area contributed by atoms with Crippen LogP contribution in [0.5, 0.6) is 0 Å². The highest BCUT2D eigenvalue weighted by Gasteiger charge is 2.18. The number of anilines is 1. The standard InChI is InChI=1S/C13H7BrF3NO/c14-9-3-6(1-2-10(9)16)13(19)8-4-7(15)5-11(18)12(8)17/h1-5H,18H2. The van der Waals surface area contributed by atoms with E-state index in [9.17, 15) is 18.0 Å². The smallest absolute Gasteiger partial charge is 0.196 e. The zero-order valence-corrected chi connectivity index (χ0v) is 11.0. The molecule has 0 aromatic heterocycles. The first-order chi connectivity index (χ1) is 8.90. The van der Waals surface area contributed by atoms with Crippen LogP contribution in [0, 0.1) is 17.5 Å². The van der Waals surface area contributed by atoms with Gasteiger partial charge in [0.2, 0.25) is 0 Å². The molecule has 0 fully saturated rings. The summed E-state index contributed by atoms with van der Waals surface area (Å²) in [5, 5.41) is 0. The van der Waals surface area contributed by atoms with Crippen molar-refractivity contribution in [2.24, 2.45) is 0 Å². The molecule has 0 aliphatic rings. The predicted molar refractivity (Wildman–Crippen MR) is 68.3 cm³/mol. The van der Waals surface area contributed by atoms with Gasteiger partial charge in [-0.05, 0) is 46.3 Å². The summed E-state index contributed by atoms with van der Waals surface area (Å²) < 4.78 is 40.0. The highest BCUT2D eigenvalue weighted by molar-refractivity contribution is 9.10. The van der Waals surface area contributed by atoms with Crippen molar-refractivity contribution in [3.8, 4) is 0 Å². The van der Waals surface area contributed by atoms with Crippen molar-refractivity contribution in [2.45, 2.75) is 0 Å². The Bertz CT molecular complexity index is 673. The van der Waals surface area contributed by atoms with Crippen molar-refractivity contribution < 1.29 is 18.0 Å². The Kier molecular flexibility index (Phi) is 3.61. The molecule has 19 heavy (non-hydrogen) atoms. The van der Waals surface area contributed by atoms with Crippen molar-refractivity contribution in [2.75, 3.05) is 5.73 Å². The fourth-order valence-corrected chi connectivity index (χ4v) is 1.95. The highest BCUT2D eigenvalue weighted by atomic mass is 79.9. The molecule has 98 valence electrons. The minimum Gasteiger partial charge on any atom is -0.396 e. The molecule has 0 saturated heterocycles. The van der Waals surface area contributed by atoms with Crippen LogP contribution >= 0.6 is 15.9 Å². The van der Waals surface area contributed by atoms with Gasteiger partial charge in [-0.15, -0.1) is 0 Å². The molecular weight excluding hydrogens is 323 g/mol. The van der Waals surface area contributed by atoms with Crippen molar-refractivity contribution in [1.82, 2.24) is 0 Å². The molecule has 0 aliphatic carbocycles. The highest BCUT2D eigenvalue weighted by Crippen LogP contribution is 2.23. The normalized spacial score (nSPS) is 10.5. The largest absolute Gasteiger partial charge is 0.396 e. The van der Waals surface area contributed by atoms with Gasteiger partial charge < -0.3 is 5.73 Å². The van der Waals surface area contributed by atoms with Crippen LogP contribution in [-0.4, -0.2) is 5.78 Å². The van der Waals surface area contributed by atoms with Gasteiger partial charge in [-0.3, -0.25) is 4.79 Å². The number of nitrogens with two attached hydrogens (primary N) is 1. The van der Waals surface area contributed by atoms with Gasteiger partial charge in [0.15, 0.2) is 11.6 Å². The molecule has 2 N–H and O–H groups in total. The molecule has 0 bridgehead atoms. The molecule has 6 heteroatoms. The lowest BCUT2D eigenvalue weighted by Crippen LogP contribution is -2.07. The molecule has 0 unspecified atom stereocenters. The van der Waals surface area contributed by atoms with Crippen molar-refractivity contribution in [3.63, 3.8) is 0 Å². The molecule has 0 saturated carbocycles. The van der Waals surface area contributed by atoms with Crippen LogP contribution < -0.4 is 5.73 Å². The molecule has 0 atom stereocenters. The van der Waals surface area contributed by atoms with E-state index in [1.807, 2.05) is 0 Å². The number of hydrogen-bond acceptors (Lipinski definition) is 2. The maximum atomic E-state index is 13.7. The predicted octanol–water partition coefficient (Wildman–Crippen LogP) is 3.68. The second kappa shape index (κ2) is 5.05. The minimum absolute atomic E-state index is 0.0252. The number of carbonyl (C=O) groups excluding carboxylic acids is 1. The number of hydrogen-bond donors (Lipinski definition) is 1. The topological polar surface area (TPSA) is 43.1 Å². The first-order valence-corrected chi connectivity index (χ1v) is 5.93. The zero-order valence-electron chi connectivity index (χ0n) is 9.38. The van der Waals surface area contributed by atoms with Crippen molar-refractivity contribution in [3.05, 3.63) is 63.4 Å². The summed E-state index contributed by atoms with van der Waals surface area (Å²) in [5.41, 5.74) is 4.34. The van der Waals surface area contributed by atoms with Gasteiger partial charge in [-0.1, -0.05) is 0 Å². The van der Waals surface area contributed by atoms with Crippen LogP contribution in [0.1, 0.15) is 15.9 Å². The molecule has 2 rings (SSSR count). The van der Waals surface area contributed by atoms with Gasteiger partial charge in [0.1, 0.15) is 11.6 Å². The van der Waals surface area contributed by atoms with E-state index in [2.05, 4.69) is 15.9 Å². The molecule has 0 aliphatic heterocycles. The van der Waals surface area contributed by atoms with Gasteiger partial charge in [-0.2, -0.15) is 0 Å². The lowest BCUT2D eigenvalue weighted by molar-refractivity contribution is 0.103. The fraction of sp³-hybridized carbons (Fsp3) is 0. The van der Waals surface area contributed by atoms with Gasteiger partial charge >= 0.3 is 0 Å². The van der Waals surface area contributed by atoms with E-state index in [1.165, 1.54) is 12.1 Å². The van der Waals surface area contributed by atoms with Crippen LogP contribution in [0.2, 0.25) is 0 Å². The van der Waals surface area contributed by atoms with Gasteiger partial charge in [0.25, 0.3) is 0 Å². The van der Waals surface area contributed by atoms with E-state index in [0.717, 1.165) is 18.2 Å². The van der Waals surface area contributed by atoms with Gasteiger partial charge in [0, 0.05) is 5.56 Å². The van der Waals surface area contributed by atoms with E-state index in [4.69, 9.17) is 5.73 Å². The molecular formula is C13H7BrF3NO. The van der Waals surface area contributed by atoms with E-state index in [-0.39, 0.29) is 10.0 Å². The van der Waals surface area contributed by atoms with Crippen LogP contribution in [0.25, 0.3) is 0 Å². The van der Waals surface area contributed by atoms with Crippen molar-refractivity contribution in [1.29, 1.82) is 0 Å². The van der Waals surface area contributed by atoms with E-state index in [1.54, 1.807) is 0 Å². The summed E-state index contributed by atoms with van der Waals surface area (Å²) >= 11 is 2.91. The van der Waals surface area contributed by atoms with Crippen LogP contribution in [0.4, 0.5) is 18.9 Å². The van der Waals surface area contributed by atoms with Crippen LogP contribution in [-0.2, 0) is 0 Å². The lowest BCUT2D eigenvalue weighted by atomic mass is 10.0. The van der Waals surface area contributed by atoms with Gasteiger partial charge in [-0.25, -0.2) is 13.2 Å². The number of rotatable bonds is 2. The Hall–Kier alpha value is -1.82. The summed E-state index contributed by atoms with van der Waals surface area (Å²) in [6.45, 7) is 0. The van der Waals surface area contributed by atoms with Crippen LogP contribution in [0.15, 0.2) is 34.8 Å². The molecule has 0 heterocycles. The first-order valence-electron chi connectivity index (χ1n) is 5.14. The Morgan fingerprint density at radius 2 is 1.79 bits per heavy atom. The summed E-state index contributed by atoms with van der Waals surface area (Å²) in [6, 6.07) is 4.97. The average Bonchev–Trinajstić information content (AvgIpc) is 2.36. The Morgan fingerprint density at radius 3 is 2.42 bits per heavy atom. The Morgan fingerprint density at radius 1 is 1.11 bits per heavy atom. The lowest BCUT2D eigenvalue weighted by Gasteiger charge is -2.06. The van der Waals surface area contributed by atoms with Crippen molar-refractivity contribution >= 4 is 27.4 Å². The van der Waals surface area contributed by atoms with Crippen LogP contribution in [0.3, 0.4) is 0 Å². The summed E-state index contributed by atoms with van der Waals surface area (Å²) in [5.74, 6) is -3.14. The SMILES string of the molecule is Nc1cc(F)cc(C(=O)c2ccc(F)c(Br)c2)c1F. The molecule has 0 amide bonds. The monoisotopic (exact) mass is 329 g/mol. The molecule has 2 aromatic rings. The molecule has 2 nitrogen and oxygen atoms in total. The minimum atomic E-state index is -0.994. The second-order valence-electron chi connectivity index (χ2n) is 3.81. The van der Waals surface area contributed by atoms with E-state index in [0.29, 0.717) is 0 Å². The maximum Gasteiger partial charge on any atom is 0.196 e. The third-order valence-corrected chi connectivity index (χ3v) is 3.10. The summed E-state index contributed by atoms with van der Waals surface area (Å²) in [6.07, 6.45) is 0.